The summed E-state index contributed by atoms with van der Waals surface area (Å²) >= 11 is 0. The van der Waals surface area contributed by atoms with Gasteiger partial charge in [-0.3, -0.25) is 4.98 Å². The van der Waals surface area contributed by atoms with Crippen molar-refractivity contribution < 1.29 is 5.11 Å². The smallest absolute Gasteiger partial charge is 0.0915 e. The molecule has 2 unspecified atom stereocenters. The van der Waals surface area contributed by atoms with Crippen molar-refractivity contribution in [1.82, 2.24) is 10.3 Å². The highest BCUT2D eigenvalue weighted by Gasteiger charge is 2.23. The largest absolute Gasteiger partial charge is 0.387 e. The lowest BCUT2D eigenvalue weighted by Gasteiger charge is -2.31. The van der Waals surface area contributed by atoms with E-state index in [1.165, 1.54) is 44.9 Å². The van der Waals surface area contributed by atoms with Crippen LogP contribution in [0, 0.1) is 5.92 Å². The van der Waals surface area contributed by atoms with Gasteiger partial charge in [0.25, 0.3) is 0 Å². The van der Waals surface area contributed by atoms with Gasteiger partial charge in [-0.25, -0.2) is 0 Å². The van der Waals surface area contributed by atoms with E-state index in [0.29, 0.717) is 12.6 Å². The summed E-state index contributed by atoms with van der Waals surface area (Å²) < 4.78 is 0. The number of aliphatic hydroxyl groups excluding tert-OH is 1. The molecule has 20 heavy (non-hydrogen) atoms. The fourth-order valence-electron chi connectivity index (χ4n) is 3.32. The third kappa shape index (κ3) is 4.57. The first-order chi connectivity index (χ1) is 9.81. The number of aromatic nitrogens is 1. The molecule has 2 atom stereocenters. The lowest BCUT2D eigenvalue weighted by molar-refractivity contribution is 0.156. The zero-order chi connectivity index (χ0) is 14.2. The molecule has 1 aromatic heterocycles. The van der Waals surface area contributed by atoms with E-state index >= 15 is 0 Å². The average molecular weight is 276 g/mol. The molecule has 1 fully saturated rings. The van der Waals surface area contributed by atoms with E-state index in [2.05, 4.69) is 17.2 Å². The third-order valence-electron chi connectivity index (χ3n) is 4.48. The van der Waals surface area contributed by atoms with Gasteiger partial charge in [0.1, 0.15) is 0 Å². The van der Waals surface area contributed by atoms with E-state index in [0.717, 1.165) is 11.5 Å². The molecule has 1 aromatic rings. The Morgan fingerprint density at radius 3 is 2.60 bits per heavy atom. The van der Waals surface area contributed by atoms with Gasteiger partial charge in [-0.1, -0.05) is 32.6 Å². The van der Waals surface area contributed by atoms with Gasteiger partial charge in [0.15, 0.2) is 0 Å². The summed E-state index contributed by atoms with van der Waals surface area (Å²) in [5.74, 6) is 0.799. The standard InChI is InChI=1S/C17H28N2O/c1-2-6-16(14-7-4-3-5-8-14)19-13-17(20)15-9-11-18-12-10-15/h9-12,14,16-17,19-20H,2-8,13H2,1H3. The number of hydrogen-bond acceptors (Lipinski definition) is 3. The number of pyridine rings is 1. The molecule has 1 aliphatic carbocycles. The van der Waals surface area contributed by atoms with Crippen molar-refractivity contribution >= 4 is 0 Å². The summed E-state index contributed by atoms with van der Waals surface area (Å²) in [6, 6.07) is 4.35. The normalized spacial score (nSPS) is 19.7. The Balaban J connectivity index is 1.85. The first-order valence-electron chi connectivity index (χ1n) is 8.12. The Kier molecular flexibility index (Phi) is 6.48. The Bertz CT molecular complexity index is 363. The van der Waals surface area contributed by atoms with E-state index in [1.807, 2.05) is 12.1 Å². The van der Waals surface area contributed by atoms with Crippen LogP contribution in [0.15, 0.2) is 24.5 Å². The Morgan fingerprint density at radius 1 is 1.25 bits per heavy atom. The molecule has 0 aromatic carbocycles. The maximum absolute atomic E-state index is 10.2. The SMILES string of the molecule is CCCC(NCC(O)c1ccncc1)C1CCCCC1. The number of rotatable bonds is 7. The van der Waals surface area contributed by atoms with Crippen LogP contribution in [0.5, 0.6) is 0 Å². The number of hydrogen-bond donors (Lipinski definition) is 2. The van der Waals surface area contributed by atoms with Crippen molar-refractivity contribution in [3.05, 3.63) is 30.1 Å². The highest BCUT2D eigenvalue weighted by atomic mass is 16.3. The van der Waals surface area contributed by atoms with Crippen molar-refractivity contribution in [3.63, 3.8) is 0 Å². The first-order valence-corrected chi connectivity index (χ1v) is 8.12. The molecule has 0 amide bonds. The molecule has 112 valence electrons. The Labute approximate surface area is 122 Å². The van der Waals surface area contributed by atoms with Gasteiger partial charge < -0.3 is 10.4 Å². The van der Waals surface area contributed by atoms with Crippen LogP contribution in [-0.4, -0.2) is 22.7 Å². The highest BCUT2D eigenvalue weighted by molar-refractivity contribution is 5.13. The maximum atomic E-state index is 10.2. The molecular formula is C17H28N2O. The van der Waals surface area contributed by atoms with Crippen molar-refractivity contribution in [3.8, 4) is 0 Å². The quantitative estimate of drug-likeness (QED) is 0.801. The summed E-state index contributed by atoms with van der Waals surface area (Å²) in [5.41, 5.74) is 0.950. The van der Waals surface area contributed by atoms with Crippen LogP contribution in [0.25, 0.3) is 0 Å². The van der Waals surface area contributed by atoms with Crippen molar-refractivity contribution in [2.75, 3.05) is 6.54 Å². The van der Waals surface area contributed by atoms with Gasteiger partial charge >= 0.3 is 0 Å². The minimum Gasteiger partial charge on any atom is -0.387 e. The Morgan fingerprint density at radius 2 is 1.95 bits per heavy atom. The highest BCUT2D eigenvalue weighted by Crippen LogP contribution is 2.28. The monoisotopic (exact) mass is 276 g/mol. The van der Waals surface area contributed by atoms with E-state index in [9.17, 15) is 5.11 Å². The molecule has 0 aliphatic heterocycles. The van der Waals surface area contributed by atoms with Crippen LogP contribution < -0.4 is 5.32 Å². The molecular weight excluding hydrogens is 248 g/mol. The molecule has 0 radical (unpaired) electrons. The second-order valence-corrected chi connectivity index (χ2v) is 6.00. The molecule has 1 aliphatic rings. The van der Waals surface area contributed by atoms with Crippen molar-refractivity contribution in [2.24, 2.45) is 5.92 Å². The molecule has 3 heteroatoms. The summed E-state index contributed by atoms with van der Waals surface area (Å²) in [5, 5.41) is 13.9. The molecule has 0 bridgehead atoms. The van der Waals surface area contributed by atoms with Gasteiger partial charge in [0, 0.05) is 25.0 Å². The van der Waals surface area contributed by atoms with Crippen LogP contribution >= 0.6 is 0 Å². The molecule has 1 heterocycles. The topological polar surface area (TPSA) is 45.1 Å². The van der Waals surface area contributed by atoms with Crippen LogP contribution in [-0.2, 0) is 0 Å². The van der Waals surface area contributed by atoms with Crippen LogP contribution in [0.1, 0.15) is 63.5 Å². The van der Waals surface area contributed by atoms with Gasteiger partial charge in [0.05, 0.1) is 6.10 Å². The number of aliphatic hydroxyl groups is 1. The van der Waals surface area contributed by atoms with E-state index in [-0.39, 0.29) is 0 Å². The van der Waals surface area contributed by atoms with Crippen LogP contribution in [0.3, 0.4) is 0 Å². The fourth-order valence-corrected chi connectivity index (χ4v) is 3.32. The van der Waals surface area contributed by atoms with Gasteiger partial charge in [-0.2, -0.15) is 0 Å². The molecule has 2 N–H and O–H groups in total. The maximum Gasteiger partial charge on any atom is 0.0915 e. The zero-order valence-electron chi connectivity index (χ0n) is 12.6. The lowest BCUT2D eigenvalue weighted by Crippen LogP contribution is -2.39. The second-order valence-electron chi connectivity index (χ2n) is 6.00. The third-order valence-corrected chi connectivity index (χ3v) is 4.48. The van der Waals surface area contributed by atoms with Gasteiger partial charge in [-0.15, -0.1) is 0 Å². The van der Waals surface area contributed by atoms with Gasteiger partial charge in [0.2, 0.25) is 0 Å². The lowest BCUT2D eigenvalue weighted by atomic mass is 9.82. The minimum atomic E-state index is -0.430. The van der Waals surface area contributed by atoms with E-state index in [1.54, 1.807) is 12.4 Å². The zero-order valence-corrected chi connectivity index (χ0v) is 12.6. The Hall–Kier alpha value is -0.930. The van der Waals surface area contributed by atoms with Crippen LogP contribution in [0.4, 0.5) is 0 Å². The summed E-state index contributed by atoms with van der Waals surface area (Å²) in [6.07, 6.45) is 12.3. The molecule has 3 nitrogen and oxygen atoms in total. The molecule has 1 saturated carbocycles. The number of nitrogens with zero attached hydrogens (tertiary/aromatic N) is 1. The van der Waals surface area contributed by atoms with E-state index < -0.39 is 6.10 Å². The predicted molar refractivity (Wildman–Crippen MR) is 82.5 cm³/mol. The summed E-state index contributed by atoms with van der Waals surface area (Å²) in [6.45, 7) is 2.89. The molecule has 2 rings (SSSR count). The van der Waals surface area contributed by atoms with Crippen LogP contribution in [0.2, 0.25) is 0 Å². The second kappa shape index (κ2) is 8.38. The summed E-state index contributed by atoms with van der Waals surface area (Å²) in [7, 11) is 0. The predicted octanol–water partition coefficient (Wildman–Crippen LogP) is 3.45. The fraction of sp³-hybridized carbons (Fsp3) is 0.706. The van der Waals surface area contributed by atoms with E-state index in [4.69, 9.17) is 0 Å². The first kappa shape index (κ1) is 15.5. The summed E-state index contributed by atoms with van der Waals surface area (Å²) in [4.78, 5) is 3.99. The molecule has 0 spiro atoms. The van der Waals surface area contributed by atoms with Crippen molar-refractivity contribution in [2.45, 2.75) is 64.0 Å². The van der Waals surface area contributed by atoms with Crippen molar-refractivity contribution in [1.29, 1.82) is 0 Å². The number of nitrogens with one attached hydrogen (secondary N) is 1. The average Bonchev–Trinajstić information content (AvgIpc) is 2.53. The van der Waals surface area contributed by atoms with Gasteiger partial charge in [-0.05, 0) is 42.9 Å². The molecule has 0 saturated heterocycles. The minimum absolute atomic E-state index is 0.430.